The Bertz CT molecular complexity index is 591. The van der Waals surface area contributed by atoms with E-state index >= 15 is 0 Å². The normalized spacial score (nSPS) is 10.8. The molecule has 0 unspecified atom stereocenters. The van der Waals surface area contributed by atoms with Crippen LogP contribution >= 0.6 is 22.9 Å². The van der Waals surface area contributed by atoms with Gasteiger partial charge >= 0.3 is 5.97 Å². The predicted octanol–water partition coefficient (Wildman–Crippen LogP) is 4.08. The summed E-state index contributed by atoms with van der Waals surface area (Å²) < 4.78 is 5.68. The van der Waals surface area contributed by atoms with Gasteiger partial charge in [-0.15, -0.1) is 11.3 Å². The molecule has 0 saturated carbocycles. The van der Waals surface area contributed by atoms with Crippen LogP contribution in [-0.2, 0) is 11.4 Å². The van der Waals surface area contributed by atoms with Crippen LogP contribution in [0, 0.1) is 0 Å². The maximum Gasteiger partial charge on any atom is 0.328 e. The molecule has 1 aromatic carbocycles. The highest BCUT2D eigenvalue weighted by Gasteiger charge is 2.04. The first-order valence-electron chi connectivity index (χ1n) is 5.51. The Balaban J connectivity index is 2.16. The van der Waals surface area contributed by atoms with Gasteiger partial charge in [-0.25, -0.2) is 4.79 Å². The molecule has 3 nitrogen and oxygen atoms in total. The van der Waals surface area contributed by atoms with Crippen molar-refractivity contribution < 1.29 is 14.6 Å². The van der Waals surface area contributed by atoms with Crippen molar-refractivity contribution in [3.05, 3.63) is 57.3 Å². The summed E-state index contributed by atoms with van der Waals surface area (Å²) in [5.74, 6) is -0.403. The second-order valence-electron chi connectivity index (χ2n) is 3.72. The van der Waals surface area contributed by atoms with Crippen molar-refractivity contribution in [1.29, 1.82) is 0 Å². The Kier molecular flexibility index (Phi) is 4.60. The molecule has 1 heterocycles. The molecule has 0 aliphatic heterocycles. The van der Waals surface area contributed by atoms with Crippen LogP contribution in [0.3, 0.4) is 0 Å². The molecular weight excluding hydrogens is 284 g/mol. The smallest absolute Gasteiger partial charge is 0.328 e. The van der Waals surface area contributed by atoms with Crippen LogP contribution in [-0.4, -0.2) is 11.1 Å². The van der Waals surface area contributed by atoms with Crippen LogP contribution in [0.1, 0.15) is 10.4 Å². The average molecular weight is 295 g/mol. The molecule has 0 radical (unpaired) electrons. The topological polar surface area (TPSA) is 46.5 Å². The molecule has 0 saturated heterocycles. The van der Waals surface area contributed by atoms with Gasteiger partial charge in [-0.3, -0.25) is 0 Å². The maximum atomic E-state index is 10.6. The summed E-state index contributed by atoms with van der Waals surface area (Å²) in [6.07, 6.45) is 2.53. The number of thiophene rings is 1. The standard InChI is InChI=1S/C14H11ClO3S/c15-11-4-5-13(10(8-11)3-6-14(16)17)18-9-12-2-1-7-19-12/h1-8H,9H2,(H,16,17)/b6-3+. The van der Waals surface area contributed by atoms with Crippen molar-refractivity contribution in [3.8, 4) is 5.75 Å². The molecule has 2 aromatic rings. The lowest BCUT2D eigenvalue weighted by molar-refractivity contribution is -0.131. The summed E-state index contributed by atoms with van der Waals surface area (Å²) in [7, 11) is 0. The SMILES string of the molecule is O=C(O)/C=C/c1cc(Cl)ccc1OCc1cccs1. The highest BCUT2D eigenvalue weighted by atomic mass is 35.5. The summed E-state index contributed by atoms with van der Waals surface area (Å²) in [6, 6.07) is 9.05. The van der Waals surface area contributed by atoms with Crippen molar-refractivity contribution in [2.45, 2.75) is 6.61 Å². The first-order chi connectivity index (χ1) is 9.15. The molecule has 2 rings (SSSR count). The van der Waals surface area contributed by atoms with Crippen LogP contribution in [0.4, 0.5) is 0 Å². The van der Waals surface area contributed by atoms with E-state index in [9.17, 15) is 4.79 Å². The number of hydrogen-bond acceptors (Lipinski definition) is 3. The molecule has 0 spiro atoms. The predicted molar refractivity (Wildman–Crippen MR) is 76.8 cm³/mol. The zero-order valence-electron chi connectivity index (χ0n) is 9.88. The number of halogens is 1. The third-order valence-corrected chi connectivity index (χ3v) is 3.41. The van der Waals surface area contributed by atoms with E-state index in [2.05, 4.69) is 0 Å². The largest absolute Gasteiger partial charge is 0.487 e. The number of benzene rings is 1. The number of rotatable bonds is 5. The second kappa shape index (κ2) is 6.41. The van der Waals surface area contributed by atoms with E-state index in [1.807, 2.05) is 17.5 Å². The summed E-state index contributed by atoms with van der Waals surface area (Å²) in [5.41, 5.74) is 0.645. The average Bonchev–Trinajstić information content (AvgIpc) is 2.88. The molecule has 0 amide bonds. The lowest BCUT2D eigenvalue weighted by Crippen LogP contribution is -1.95. The fourth-order valence-electron chi connectivity index (χ4n) is 1.49. The zero-order chi connectivity index (χ0) is 13.7. The monoisotopic (exact) mass is 294 g/mol. The first-order valence-corrected chi connectivity index (χ1v) is 6.76. The van der Waals surface area contributed by atoms with Crippen molar-refractivity contribution in [2.75, 3.05) is 0 Å². The van der Waals surface area contributed by atoms with Crippen LogP contribution < -0.4 is 4.74 Å². The number of aliphatic carboxylic acids is 1. The van der Waals surface area contributed by atoms with Gasteiger partial charge in [0.15, 0.2) is 0 Å². The van der Waals surface area contributed by atoms with Crippen molar-refractivity contribution in [3.63, 3.8) is 0 Å². The van der Waals surface area contributed by atoms with Gasteiger partial charge in [-0.2, -0.15) is 0 Å². The zero-order valence-corrected chi connectivity index (χ0v) is 11.4. The van der Waals surface area contributed by atoms with Crippen LogP contribution in [0.15, 0.2) is 41.8 Å². The van der Waals surface area contributed by atoms with Crippen molar-refractivity contribution in [2.24, 2.45) is 0 Å². The van der Waals surface area contributed by atoms with Gasteiger partial charge in [0.25, 0.3) is 0 Å². The van der Waals surface area contributed by atoms with E-state index in [4.69, 9.17) is 21.4 Å². The number of carbonyl (C=O) groups is 1. The molecule has 0 aliphatic rings. The molecule has 0 aliphatic carbocycles. The van der Waals surface area contributed by atoms with Crippen molar-refractivity contribution >= 4 is 35.0 Å². The molecule has 0 atom stereocenters. The number of carboxylic acids is 1. The molecule has 5 heteroatoms. The van der Waals surface area contributed by atoms with Gasteiger partial charge in [0.2, 0.25) is 0 Å². The Labute approximate surface area is 119 Å². The minimum atomic E-state index is -1.01. The highest BCUT2D eigenvalue weighted by Crippen LogP contribution is 2.25. The number of ether oxygens (including phenoxy) is 1. The van der Waals surface area contributed by atoms with E-state index in [1.54, 1.807) is 29.5 Å². The lowest BCUT2D eigenvalue weighted by Gasteiger charge is -2.08. The quantitative estimate of drug-likeness (QED) is 0.845. The third-order valence-electron chi connectivity index (χ3n) is 2.33. The van der Waals surface area contributed by atoms with Gasteiger partial charge in [0.1, 0.15) is 12.4 Å². The van der Waals surface area contributed by atoms with Gasteiger partial charge < -0.3 is 9.84 Å². The van der Waals surface area contributed by atoms with E-state index in [-0.39, 0.29) is 0 Å². The molecule has 1 N–H and O–H groups in total. The molecule has 0 fully saturated rings. The number of hydrogen-bond donors (Lipinski definition) is 1. The van der Waals surface area contributed by atoms with Gasteiger partial charge in [0.05, 0.1) is 0 Å². The summed E-state index contributed by atoms with van der Waals surface area (Å²) >= 11 is 7.50. The Morgan fingerprint density at radius 1 is 1.42 bits per heavy atom. The van der Waals surface area contributed by atoms with E-state index in [0.29, 0.717) is 22.9 Å². The summed E-state index contributed by atoms with van der Waals surface area (Å²) in [4.78, 5) is 11.7. The minimum Gasteiger partial charge on any atom is -0.487 e. The van der Waals surface area contributed by atoms with Gasteiger partial charge in [-0.1, -0.05) is 17.7 Å². The Morgan fingerprint density at radius 2 is 2.26 bits per heavy atom. The van der Waals surface area contributed by atoms with Crippen LogP contribution in [0.25, 0.3) is 6.08 Å². The molecule has 0 bridgehead atoms. The second-order valence-corrected chi connectivity index (χ2v) is 5.19. The molecular formula is C14H11ClO3S. The van der Waals surface area contributed by atoms with Crippen molar-refractivity contribution in [1.82, 2.24) is 0 Å². The Morgan fingerprint density at radius 3 is 2.95 bits per heavy atom. The lowest BCUT2D eigenvalue weighted by atomic mass is 10.2. The fourth-order valence-corrected chi connectivity index (χ4v) is 2.28. The first kappa shape index (κ1) is 13.6. The fraction of sp³-hybridized carbons (Fsp3) is 0.0714. The molecule has 1 aromatic heterocycles. The molecule has 98 valence electrons. The van der Waals surface area contributed by atoms with E-state index in [0.717, 1.165) is 11.0 Å². The van der Waals surface area contributed by atoms with Gasteiger partial charge in [-0.05, 0) is 35.7 Å². The Hall–Kier alpha value is -1.78. The summed E-state index contributed by atoms with van der Waals surface area (Å²) in [6.45, 7) is 0.452. The third kappa shape index (κ3) is 4.12. The van der Waals surface area contributed by atoms with E-state index < -0.39 is 5.97 Å². The minimum absolute atomic E-state index is 0.452. The maximum absolute atomic E-state index is 10.6. The van der Waals surface area contributed by atoms with Crippen LogP contribution in [0.2, 0.25) is 5.02 Å². The highest BCUT2D eigenvalue weighted by molar-refractivity contribution is 7.09. The van der Waals surface area contributed by atoms with Crippen LogP contribution in [0.5, 0.6) is 5.75 Å². The number of carboxylic acid groups (broad SMARTS) is 1. The van der Waals surface area contributed by atoms with Gasteiger partial charge in [0, 0.05) is 21.5 Å². The summed E-state index contributed by atoms with van der Waals surface area (Å²) in [5, 5.41) is 11.2. The van der Waals surface area contributed by atoms with E-state index in [1.165, 1.54) is 6.08 Å². The molecule has 19 heavy (non-hydrogen) atoms.